The lowest BCUT2D eigenvalue weighted by atomic mass is 10.1. The highest BCUT2D eigenvalue weighted by atomic mass is 32.1. The van der Waals surface area contributed by atoms with Crippen molar-refractivity contribution in [3.05, 3.63) is 68.0 Å². The summed E-state index contributed by atoms with van der Waals surface area (Å²) in [5, 5.41) is 5.07. The SMILES string of the molecule is Cc1ccc(-c2csc(=S)n2CC(=O)Nc2c(C)cc(C)cc2C)cc1. The highest BCUT2D eigenvalue weighted by Gasteiger charge is 2.13. The molecule has 1 amide bonds. The third-order valence-corrected chi connectivity index (χ3v) is 5.65. The largest absolute Gasteiger partial charge is 0.324 e. The predicted octanol–water partition coefficient (Wildman–Crippen LogP) is 5.82. The van der Waals surface area contributed by atoms with Crippen LogP contribution < -0.4 is 5.32 Å². The van der Waals surface area contributed by atoms with E-state index in [2.05, 4.69) is 55.6 Å². The molecule has 5 heteroatoms. The Balaban J connectivity index is 1.86. The van der Waals surface area contributed by atoms with Crippen LogP contribution in [-0.4, -0.2) is 10.5 Å². The highest BCUT2D eigenvalue weighted by molar-refractivity contribution is 7.73. The Labute approximate surface area is 163 Å². The van der Waals surface area contributed by atoms with Crippen LogP contribution in [0.1, 0.15) is 22.3 Å². The maximum Gasteiger partial charge on any atom is 0.244 e. The first-order valence-electron chi connectivity index (χ1n) is 8.48. The monoisotopic (exact) mass is 382 g/mol. The van der Waals surface area contributed by atoms with Crippen LogP contribution in [0, 0.1) is 31.6 Å². The minimum atomic E-state index is -0.0667. The number of carbonyl (C=O) groups is 1. The van der Waals surface area contributed by atoms with E-state index in [0.717, 1.165) is 28.1 Å². The number of aryl methyl sites for hydroxylation is 4. The summed E-state index contributed by atoms with van der Waals surface area (Å²) in [6, 6.07) is 12.4. The van der Waals surface area contributed by atoms with E-state index in [0.29, 0.717) is 3.95 Å². The van der Waals surface area contributed by atoms with Crippen molar-refractivity contribution < 1.29 is 4.79 Å². The van der Waals surface area contributed by atoms with E-state index in [1.54, 1.807) is 0 Å². The average molecular weight is 383 g/mol. The number of hydrogen-bond donors (Lipinski definition) is 1. The standard InChI is InChI=1S/C21H22N2OS2/c1-13-5-7-17(8-6-13)18-12-26-21(25)23(18)11-19(24)22-20-15(3)9-14(2)10-16(20)4/h5-10,12H,11H2,1-4H3,(H,22,24). The van der Waals surface area contributed by atoms with Gasteiger partial charge >= 0.3 is 0 Å². The highest BCUT2D eigenvalue weighted by Crippen LogP contribution is 2.25. The van der Waals surface area contributed by atoms with Gasteiger partial charge in [-0.3, -0.25) is 4.79 Å². The molecule has 0 aliphatic heterocycles. The summed E-state index contributed by atoms with van der Waals surface area (Å²) >= 11 is 6.94. The molecule has 2 aromatic carbocycles. The zero-order valence-electron chi connectivity index (χ0n) is 15.4. The van der Waals surface area contributed by atoms with Gasteiger partial charge in [0.2, 0.25) is 5.91 Å². The molecule has 0 saturated heterocycles. The first-order valence-corrected chi connectivity index (χ1v) is 9.77. The van der Waals surface area contributed by atoms with Crippen LogP contribution in [0.2, 0.25) is 0 Å². The van der Waals surface area contributed by atoms with Gasteiger partial charge in [-0.1, -0.05) is 47.5 Å². The Morgan fingerprint density at radius 1 is 1.04 bits per heavy atom. The molecule has 0 bridgehead atoms. The molecule has 0 atom stereocenters. The van der Waals surface area contributed by atoms with Crippen molar-refractivity contribution in [3.63, 3.8) is 0 Å². The Kier molecular flexibility index (Phi) is 5.39. The van der Waals surface area contributed by atoms with Gasteiger partial charge in [-0.05, 0) is 56.6 Å². The van der Waals surface area contributed by atoms with Gasteiger partial charge in [-0.25, -0.2) is 0 Å². The summed E-state index contributed by atoms with van der Waals surface area (Å²) in [5.41, 5.74) is 7.48. The molecule has 0 unspecified atom stereocenters. The Hall–Kier alpha value is -2.24. The van der Waals surface area contributed by atoms with Crippen LogP contribution in [0.25, 0.3) is 11.3 Å². The molecule has 1 aromatic heterocycles. The number of carbonyl (C=O) groups excluding carboxylic acids is 1. The van der Waals surface area contributed by atoms with Crippen molar-refractivity contribution in [3.8, 4) is 11.3 Å². The summed E-state index contributed by atoms with van der Waals surface area (Å²) in [4.78, 5) is 12.7. The van der Waals surface area contributed by atoms with Gasteiger partial charge in [-0.2, -0.15) is 0 Å². The molecular weight excluding hydrogens is 360 g/mol. The zero-order valence-corrected chi connectivity index (χ0v) is 17.1. The van der Waals surface area contributed by atoms with Gasteiger partial charge in [0, 0.05) is 11.1 Å². The van der Waals surface area contributed by atoms with Gasteiger partial charge in [0.1, 0.15) is 6.54 Å². The maximum atomic E-state index is 12.7. The van der Waals surface area contributed by atoms with Crippen LogP contribution in [0.15, 0.2) is 41.8 Å². The summed E-state index contributed by atoms with van der Waals surface area (Å²) < 4.78 is 2.60. The van der Waals surface area contributed by atoms with E-state index >= 15 is 0 Å². The Morgan fingerprint density at radius 2 is 1.65 bits per heavy atom. The van der Waals surface area contributed by atoms with Crippen LogP contribution in [0.4, 0.5) is 5.69 Å². The molecule has 3 aromatic rings. The molecule has 0 saturated carbocycles. The normalized spacial score (nSPS) is 10.8. The minimum absolute atomic E-state index is 0.0667. The van der Waals surface area contributed by atoms with E-state index in [-0.39, 0.29) is 12.5 Å². The number of nitrogens with one attached hydrogen (secondary N) is 1. The number of rotatable bonds is 4. The van der Waals surface area contributed by atoms with Crippen LogP contribution >= 0.6 is 23.6 Å². The van der Waals surface area contributed by atoms with E-state index < -0.39 is 0 Å². The second-order valence-corrected chi connectivity index (χ2v) is 8.16. The van der Waals surface area contributed by atoms with Gasteiger partial charge in [0.25, 0.3) is 0 Å². The Morgan fingerprint density at radius 3 is 2.27 bits per heavy atom. The summed E-state index contributed by atoms with van der Waals surface area (Å²) in [5.74, 6) is -0.0667. The van der Waals surface area contributed by atoms with Crippen LogP contribution in [0.3, 0.4) is 0 Å². The van der Waals surface area contributed by atoms with E-state index in [1.165, 1.54) is 22.5 Å². The minimum Gasteiger partial charge on any atom is -0.324 e. The number of anilines is 1. The lowest BCUT2D eigenvalue weighted by Crippen LogP contribution is -2.20. The van der Waals surface area contributed by atoms with Gasteiger partial charge in [0.05, 0.1) is 5.69 Å². The number of hydrogen-bond acceptors (Lipinski definition) is 3. The lowest BCUT2D eigenvalue weighted by Gasteiger charge is -2.14. The average Bonchev–Trinajstić information content (AvgIpc) is 2.92. The zero-order chi connectivity index (χ0) is 18.8. The van der Waals surface area contributed by atoms with Crippen molar-refractivity contribution >= 4 is 35.1 Å². The fourth-order valence-electron chi connectivity index (χ4n) is 3.13. The molecule has 0 spiro atoms. The second kappa shape index (κ2) is 7.56. The van der Waals surface area contributed by atoms with Crippen molar-refractivity contribution in [2.45, 2.75) is 34.2 Å². The van der Waals surface area contributed by atoms with Gasteiger partial charge < -0.3 is 9.88 Å². The molecule has 3 rings (SSSR count). The molecule has 134 valence electrons. The molecule has 0 aliphatic carbocycles. The predicted molar refractivity (Wildman–Crippen MR) is 113 cm³/mol. The summed E-state index contributed by atoms with van der Waals surface area (Å²) in [6.07, 6.45) is 0. The van der Waals surface area contributed by atoms with Crippen molar-refractivity contribution in [1.29, 1.82) is 0 Å². The molecule has 1 heterocycles. The second-order valence-electron chi connectivity index (χ2n) is 6.66. The number of benzene rings is 2. The molecule has 0 aliphatic rings. The fraction of sp³-hybridized carbons (Fsp3) is 0.238. The number of thiazole rings is 1. The summed E-state index contributed by atoms with van der Waals surface area (Å²) in [6.45, 7) is 8.36. The fourth-order valence-corrected chi connectivity index (χ4v) is 4.20. The number of aromatic nitrogens is 1. The van der Waals surface area contributed by atoms with Crippen molar-refractivity contribution in [2.75, 3.05) is 5.32 Å². The third-order valence-electron chi connectivity index (χ3n) is 4.37. The van der Waals surface area contributed by atoms with E-state index in [1.807, 2.05) is 23.8 Å². The van der Waals surface area contributed by atoms with E-state index in [4.69, 9.17) is 12.2 Å². The lowest BCUT2D eigenvalue weighted by molar-refractivity contribution is -0.116. The summed E-state index contributed by atoms with van der Waals surface area (Å²) in [7, 11) is 0. The molecule has 0 fully saturated rings. The van der Waals surface area contributed by atoms with Crippen molar-refractivity contribution in [1.82, 2.24) is 4.57 Å². The molecule has 3 nitrogen and oxygen atoms in total. The first-order chi connectivity index (χ1) is 12.3. The van der Waals surface area contributed by atoms with Gasteiger partial charge in [0.15, 0.2) is 3.95 Å². The molecule has 26 heavy (non-hydrogen) atoms. The maximum absolute atomic E-state index is 12.7. The number of nitrogens with zero attached hydrogens (tertiary/aromatic N) is 1. The smallest absolute Gasteiger partial charge is 0.244 e. The van der Waals surface area contributed by atoms with Crippen molar-refractivity contribution in [2.24, 2.45) is 0 Å². The molecule has 0 radical (unpaired) electrons. The topological polar surface area (TPSA) is 34.0 Å². The molecular formula is C21H22N2OS2. The molecule has 1 N–H and O–H groups in total. The van der Waals surface area contributed by atoms with Crippen LogP contribution in [0.5, 0.6) is 0 Å². The first kappa shape index (κ1) is 18.5. The number of amides is 1. The third kappa shape index (κ3) is 3.94. The Bertz CT molecular complexity index is 990. The van der Waals surface area contributed by atoms with Gasteiger partial charge in [-0.15, -0.1) is 11.3 Å². The quantitative estimate of drug-likeness (QED) is 0.577. The van der Waals surface area contributed by atoms with Crippen LogP contribution in [-0.2, 0) is 11.3 Å². The van der Waals surface area contributed by atoms with E-state index in [9.17, 15) is 4.79 Å².